The number of amides is 6. The van der Waals surface area contributed by atoms with Crippen molar-refractivity contribution in [3.63, 3.8) is 0 Å². The van der Waals surface area contributed by atoms with E-state index in [4.69, 9.17) is 61.1 Å². The first-order chi connectivity index (χ1) is 34.5. The maximum atomic E-state index is 13.6. The maximum Gasteiger partial charge on any atom is 0.258 e. The molecule has 0 unspecified atom stereocenters. The van der Waals surface area contributed by atoms with E-state index in [1.807, 2.05) is 19.1 Å². The van der Waals surface area contributed by atoms with E-state index < -0.39 is 23.1 Å². The third-order valence-corrected chi connectivity index (χ3v) is 12.0. The molecule has 71 heavy (non-hydrogen) atoms. The summed E-state index contributed by atoms with van der Waals surface area (Å²) in [6, 6.07) is 12.2. The normalized spacial score (nSPS) is 14.5. The first kappa shape index (κ1) is 59.0. The number of imide groups is 1. The van der Waals surface area contributed by atoms with Crippen LogP contribution in [0.3, 0.4) is 0 Å². The molecule has 2 aromatic carbocycles. The minimum absolute atomic E-state index is 0.0207. The van der Waals surface area contributed by atoms with Gasteiger partial charge in [0.25, 0.3) is 17.7 Å². The summed E-state index contributed by atoms with van der Waals surface area (Å²) in [7, 11) is 0. The van der Waals surface area contributed by atoms with Crippen LogP contribution >= 0.6 is 23.2 Å². The van der Waals surface area contributed by atoms with Gasteiger partial charge >= 0.3 is 0 Å². The molecule has 2 aromatic rings. The van der Waals surface area contributed by atoms with Crippen LogP contribution in [0.4, 0.5) is 5.69 Å². The molecule has 1 aliphatic carbocycles. The van der Waals surface area contributed by atoms with Gasteiger partial charge in [0.2, 0.25) is 17.7 Å². The largest absolute Gasteiger partial charge is 0.379 e. The van der Waals surface area contributed by atoms with Crippen molar-refractivity contribution in [2.24, 2.45) is 5.41 Å². The van der Waals surface area contributed by atoms with Crippen LogP contribution in [0.25, 0.3) is 0 Å². The van der Waals surface area contributed by atoms with Crippen LogP contribution in [0, 0.1) is 5.41 Å². The number of rotatable bonds is 39. The van der Waals surface area contributed by atoms with Crippen LogP contribution in [-0.2, 0) is 68.3 Å². The van der Waals surface area contributed by atoms with Crippen molar-refractivity contribution >= 4 is 64.3 Å². The van der Waals surface area contributed by atoms with Crippen molar-refractivity contribution in [2.45, 2.75) is 64.3 Å². The second kappa shape index (κ2) is 34.8. The molecule has 0 aromatic heterocycles. The summed E-state index contributed by atoms with van der Waals surface area (Å²) in [5.74, 6) is -1.57. The average molecular weight is 1040 g/mol. The molecule has 0 saturated heterocycles. The Balaban J connectivity index is 0.866. The van der Waals surface area contributed by atoms with Crippen LogP contribution < -0.4 is 21.3 Å². The predicted molar refractivity (Wildman–Crippen MR) is 265 cm³/mol. The van der Waals surface area contributed by atoms with Crippen LogP contribution in [0.15, 0.2) is 54.6 Å². The summed E-state index contributed by atoms with van der Waals surface area (Å²) in [5, 5.41) is 12.2. The summed E-state index contributed by atoms with van der Waals surface area (Å²) in [4.78, 5) is 74.7. The number of nitrogens with one attached hydrogen (secondary N) is 4. The lowest BCUT2D eigenvalue weighted by molar-refractivity contribution is -0.137. The molecule has 6 amide bonds. The summed E-state index contributed by atoms with van der Waals surface area (Å²) in [6.07, 6.45) is 7.33. The Bertz CT molecular complexity index is 1930. The molecule has 4 N–H and O–H groups in total. The van der Waals surface area contributed by atoms with Crippen molar-refractivity contribution in [1.29, 1.82) is 0 Å². The quantitative estimate of drug-likeness (QED) is 0.0541. The number of halogens is 2. The minimum atomic E-state index is -0.511. The zero-order valence-electron chi connectivity index (χ0n) is 40.8. The standard InChI is InChI=1S/C50H71Cl2N5O14/c1-38(37-39-7-9-40(10-8-39)56-48(62)47-41(51)5-4-6-42(47)52)55-49(63)50(15-2-3-16-50)17-18-53-44(59)14-21-64-23-25-66-27-29-68-31-33-70-35-36-71-34-32-69-30-28-67-26-24-65-22-19-54-43(58)13-20-57-45(60)11-12-46(57)61/h4-12,38H,2-3,13-37H2,1H3,(H,53,59)(H,54,58)(H,55,63)(H,56,62)/t38-/m0/s1. The fourth-order valence-corrected chi connectivity index (χ4v) is 8.18. The molecule has 1 aliphatic heterocycles. The number of hydrogen-bond acceptors (Lipinski definition) is 14. The van der Waals surface area contributed by atoms with E-state index in [1.54, 1.807) is 30.3 Å². The highest BCUT2D eigenvalue weighted by molar-refractivity contribution is 6.40. The molecule has 0 bridgehead atoms. The third-order valence-electron chi connectivity index (χ3n) is 11.4. The van der Waals surface area contributed by atoms with Gasteiger partial charge in [0.1, 0.15) is 0 Å². The van der Waals surface area contributed by atoms with Gasteiger partial charge in [0.15, 0.2) is 0 Å². The van der Waals surface area contributed by atoms with E-state index in [-0.39, 0.29) is 65.4 Å². The van der Waals surface area contributed by atoms with Crippen molar-refractivity contribution < 1.29 is 66.7 Å². The fraction of sp³-hybridized carbons (Fsp3) is 0.600. The Kier molecular flexibility index (Phi) is 28.9. The Labute approximate surface area is 426 Å². The summed E-state index contributed by atoms with van der Waals surface area (Å²) >= 11 is 12.4. The number of benzene rings is 2. The van der Waals surface area contributed by atoms with E-state index in [0.29, 0.717) is 131 Å². The number of carbonyl (C=O) groups excluding carboxylic acids is 6. The van der Waals surface area contributed by atoms with Gasteiger partial charge in [0.05, 0.1) is 127 Å². The molecule has 0 radical (unpaired) electrons. The van der Waals surface area contributed by atoms with E-state index in [0.717, 1.165) is 36.1 Å². The number of nitrogens with zero attached hydrogens (tertiary/aromatic N) is 1. The minimum Gasteiger partial charge on any atom is -0.379 e. The molecular weight excluding hydrogens is 965 g/mol. The molecule has 1 fully saturated rings. The van der Waals surface area contributed by atoms with Crippen molar-refractivity contribution in [3.8, 4) is 0 Å². The lowest BCUT2D eigenvalue weighted by Gasteiger charge is -2.29. The topological polar surface area (TPSA) is 228 Å². The molecule has 1 heterocycles. The maximum absolute atomic E-state index is 13.6. The van der Waals surface area contributed by atoms with Gasteiger partial charge in [-0.15, -0.1) is 0 Å². The van der Waals surface area contributed by atoms with Crippen LogP contribution in [0.5, 0.6) is 0 Å². The van der Waals surface area contributed by atoms with Crippen LogP contribution in [0.1, 0.15) is 67.8 Å². The SMILES string of the molecule is C[C@@H](Cc1ccc(NC(=O)c2c(Cl)cccc2Cl)cc1)NC(=O)C1(CCNC(=O)CCOCCOCCOCCOCCOCCOCCOCCOCCNC(=O)CCN2C(=O)C=CC2=O)CCCC1. The predicted octanol–water partition coefficient (Wildman–Crippen LogP) is 4.31. The number of hydrogen-bond donors (Lipinski definition) is 4. The molecule has 19 nitrogen and oxygen atoms in total. The third kappa shape index (κ3) is 23.7. The molecule has 2 aliphatic rings. The van der Waals surface area contributed by atoms with Gasteiger partial charge in [-0.05, 0) is 62.4 Å². The van der Waals surface area contributed by atoms with E-state index in [2.05, 4.69) is 21.3 Å². The Morgan fingerprint density at radius 2 is 1.06 bits per heavy atom. The molecule has 394 valence electrons. The molecule has 21 heteroatoms. The van der Waals surface area contributed by atoms with Gasteiger partial charge in [-0.25, -0.2) is 0 Å². The average Bonchev–Trinajstić information content (AvgIpc) is 3.96. The lowest BCUT2D eigenvalue weighted by atomic mass is 9.81. The Morgan fingerprint density at radius 1 is 0.606 bits per heavy atom. The highest BCUT2D eigenvalue weighted by Crippen LogP contribution is 2.41. The number of anilines is 1. The smallest absolute Gasteiger partial charge is 0.258 e. The summed E-state index contributed by atoms with van der Waals surface area (Å²) in [5.41, 5.74) is 1.32. The number of ether oxygens (including phenoxy) is 8. The zero-order valence-corrected chi connectivity index (χ0v) is 42.3. The summed E-state index contributed by atoms with van der Waals surface area (Å²) < 4.78 is 44.0. The fourth-order valence-electron chi connectivity index (χ4n) is 7.61. The first-order valence-electron chi connectivity index (χ1n) is 24.3. The zero-order chi connectivity index (χ0) is 50.9. The van der Waals surface area contributed by atoms with Gasteiger partial charge < -0.3 is 59.2 Å². The molecule has 4 rings (SSSR count). The van der Waals surface area contributed by atoms with Crippen LogP contribution in [-0.4, -0.2) is 172 Å². The van der Waals surface area contributed by atoms with Gasteiger partial charge in [-0.1, -0.05) is 54.2 Å². The second-order valence-corrected chi connectivity index (χ2v) is 17.6. The van der Waals surface area contributed by atoms with Crippen molar-refractivity contribution in [2.75, 3.05) is 131 Å². The van der Waals surface area contributed by atoms with Crippen molar-refractivity contribution in [3.05, 3.63) is 75.8 Å². The van der Waals surface area contributed by atoms with Gasteiger partial charge in [-0.2, -0.15) is 0 Å². The monoisotopic (exact) mass is 1040 g/mol. The molecular formula is C50H71Cl2N5O14. The summed E-state index contributed by atoms with van der Waals surface area (Å²) in [6.45, 7) is 9.10. The van der Waals surface area contributed by atoms with E-state index in [1.165, 1.54) is 12.2 Å². The van der Waals surface area contributed by atoms with E-state index >= 15 is 0 Å². The Morgan fingerprint density at radius 3 is 1.56 bits per heavy atom. The van der Waals surface area contributed by atoms with Gasteiger partial charge in [-0.3, -0.25) is 33.7 Å². The van der Waals surface area contributed by atoms with Gasteiger partial charge in [0, 0.05) is 56.4 Å². The molecule has 1 atom stereocenters. The second-order valence-electron chi connectivity index (χ2n) is 16.8. The van der Waals surface area contributed by atoms with Crippen LogP contribution in [0.2, 0.25) is 10.0 Å². The molecule has 1 saturated carbocycles. The number of carbonyl (C=O) groups is 6. The lowest BCUT2D eigenvalue weighted by Crippen LogP contribution is -2.45. The highest BCUT2D eigenvalue weighted by atomic mass is 35.5. The van der Waals surface area contributed by atoms with Crippen molar-refractivity contribution in [1.82, 2.24) is 20.9 Å². The Hall–Kier alpha value is -4.54. The van der Waals surface area contributed by atoms with E-state index in [9.17, 15) is 28.8 Å². The highest BCUT2D eigenvalue weighted by Gasteiger charge is 2.41. The molecule has 0 spiro atoms. The first-order valence-corrected chi connectivity index (χ1v) is 25.1.